The molecule has 58 valence electrons. The summed E-state index contributed by atoms with van der Waals surface area (Å²) in [5, 5.41) is 9.76. The number of hydrogen-bond donors (Lipinski definition) is 0. The van der Waals surface area contributed by atoms with E-state index in [4.69, 9.17) is 0 Å². The van der Waals surface area contributed by atoms with E-state index in [0.29, 0.717) is 6.42 Å². The van der Waals surface area contributed by atoms with Crippen molar-refractivity contribution >= 4 is 11.9 Å². The van der Waals surface area contributed by atoms with Crippen LogP contribution >= 0.6 is 0 Å². The van der Waals surface area contributed by atoms with Gasteiger partial charge in [0.05, 0.1) is 19.0 Å². The molecule has 0 aliphatic rings. The molecule has 0 spiro atoms. The van der Waals surface area contributed by atoms with Crippen LogP contribution in [0.25, 0.3) is 0 Å². The summed E-state index contributed by atoms with van der Waals surface area (Å²) in [5.74, 6) is -2.14. The van der Waals surface area contributed by atoms with E-state index >= 15 is 0 Å². The van der Waals surface area contributed by atoms with Gasteiger partial charge in [-0.1, -0.05) is 6.92 Å². The van der Waals surface area contributed by atoms with Gasteiger partial charge < -0.3 is 14.6 Å². The Labute approximate surface area is 124 Å². The predicted molar refractivity (Wildman–Crippen MR) is 30.9 cm³/mol. The first-order valence-corrected chi connectivity index (χ1v) is 3.02. The first kappa shape index (κ1) is 14.5. The molecule has 0 aromatic heterocycles. The molecule has 0 rings (SSSR count). The van der Waals surface area contributed by atoms with E-state index < -0.39 is 18.4 Å². The quantitative estimate of drug-likeness (QED) is 0.389. The third-order valence-electron chi connectivity index (χ3n) is 0.756. The Morgan fingerprint density at radius 1 is 1.45 bits per heavy atom. The molecule has 0 saturated heterocycles. The Morgan fingerprint density at radius 3 is 2.36 bits per heavy atom. The van der Waals surface area contributed by atoms with Gasteiger partial charge in [-0.2, -0.15) is 0 Å². The number of carbonyl (C=O) groups is 2. The number of rotatable bonds is 4. The second-order valence-corrected chi connectivity index (χ2v) is 1.77. The van der Waals surface area contributed by atoms with E-state index in [-0.39, 0.29) is 75.5 Å². The van der Waals surface area contributed by atoms with Gasteiger partial charge >= 0.3 is 74.9 Å². The number of ether oxygens (including phenoxy) is 1. The van der Waals surface area contributed by atoms with E-state index in [1.165, 1.54) is 0 Å². The van der Waals surface area contributed by atoms with Crippen LogP contribution in [0.5, 0.6) is 0 Å². The summed E-state index contributed by atoms with van der Waals surface area (Å²) >= 11 is 0. The number of carboxylic acids is 1. The van der Waals surface area contributed by atoms with Crippen molar-refractivity contribution in [3.05, 3.63) is 0 Å². The molecule has 0 heterocycles. The Balaban J connectivity index is 0. The predicted octanol–water partition coefficient (Wildman–Crippen LogP) is -3.92. The third-order valence-corrected chi connectivity index (χ3v) is 0.756. The van der Waals surface area contributed by atoms with E-state index in [2.05, 4.69) is 4.74 Å². The Morgan fingerprint density at radius 2 is 2.00 bits per heavy atom. The van der Waals surface area contributed by atoms with Gasteiger partial charge in [0.1, 0.15) is 0 Å². The maximum atomic E-state index is 10.4. The Hall–Kier alpha value is 0.992. The topological polar surface area (TPSA) is 66.4 Å². The maximum Gasteiger partial charge on any atom is 1.00 e. The molecule has 0 saturated carbocycles. The zero-order valence-electron chi connectivity index (χ0n) is 6.75. The summed E-state index contributed by atoms with van der Waals surface area (Å²) in [7, 11) is 0. The number of hydrogen-bond acceptors (Lipinski definition) is 4. The zero-order chi connectivity index (χ0) is 7.98. The van der Waals surface area contributed by atoms with Crippen LogP contribution in [0.1, 0.15) is 19.8 Å². The summed E-state index contributed by atoms with van der Waals surface area (Å²) in [4.78, 5) is 20.1. The molecule has 0 aliphatic heterocycles. The van der Waals surface area contributed by atoms with Crippen LogP contribution in [0, 0.1) is 0 Å². The second-order valence-electron chi connectivity index (χ2n) is 1.77. The van der Waals surface area contributed by atoms with E-state index in [1.807, 2.05) is 6.92 Å². The largest absolute Gasteiger partial charge is 1.00 e. The van der Waals surface area contributed by atoms with Crippen LogP contribution in [0.3, 0.4) is 0 Å². The summed E-state index contributed by atoms with van der Waals surface area (Å²) in [5.41, 5.74) is 0. The minimum absolute atomic E-state index is 0. The van der Waals surface area contributed by atoms with E-state index in [1.54, 1.807) is 0 Å². The van der Waals surface area contributed by atoms with Crippen molar-refractivity contribution in [3.8, 4) is 0 Å². The van der Waals surface area contributed by atoms with Crippen molar-refractivity contribution in [3.63, 3.8) is 0 Å². The van der Waals surface area contributed by atoms with E-state index in [9.17, 15) is 14.7 Å². The van der Waals surface area contributed by atoms with Crippen molar-refractivity contribution in [2.45, 2.75) is 19.8 Å². The Bertz CT molecular complexity index is 135. The fourth-order valence-electron chi connectivity index (χ4n) is 0.385. The van der Waals surface area contributed by atoms with Gasteiger partial charge in [0.2, 0.25) is 0 Å². The van der Waals surface area contributed by atoms with Gasteiger partial charge in [0.25, 0.3) is 0 Å². The van der Waals surface area contributed by atoms with Gasteiger partial charge in [0.15, 0.2) is 0 Å². The maximum absolute atomic E-state index is 10.4. The fourth-order valence-corrected chi connectivity index (χ4v) is 0.385. The average Bonchev–Trinajstić information content (AvgIpc) is 1.82. The molecule has 0 radical (unpaired) electrons. The molecule has 11 heavy (non-hydrogen) atoms. The molecule has 0 N–H and O–H groups in total. The average molecular weight is 278 g/mol. The monoisotopic (exact) mass is 278 g/mol. The molecule has 0 unspecified atom stereocenters. The number of carbonyl (C=O) groups excluding carboxylic acids is 2. The molecule has 0 aromatic rings. The molecule has 0 atom stereocenters. The molecule has 0 aliphatic carbocycles. The third kappa shape index (κ3) is 11.0. The first-order valence-electron chi connectivity index (χ1n) is 3.02. The van der Waals surface area contributed by atoms with Gasteiger partial charge in [-0.15, -0.1) is 0 Å². The minimum atomic E-state index is -1.40. The SMILES string of the molecule is CCCOC(=O)CC(=O)[O-].[Cs+]. The molecule has 0 bridgehead atoms. The Kier molecular flexibility index (Phi) is 12.0. The molecule has 4 nitrogen and oxygen atoms in total. The zero-order valence-corrected chi connectivity index (χ0v) is 13.0. The van der Waals surface area contributed by atoms with Crippen molar-refractivity contribution in [2.24, 2.45) is 0 Å². The molecule has 0 fully saturated rings. The van der Waals surface area contributed by atoms with Gasteiger partial charge in [-0.3, -0.25) is 4.79 Å². The van der Waals surface area contributed by atoms with Crippen molar-refractivity contribution in [2.75, 3.05) is 6.61 Å². The van der Waals surface area contributed by atoms with E-state index in [0.717, 1.165) is 0 Å². The van der Waals surface area contributed by atoms with Crippen molar-refractivity contribution in [1.29, 1.82) is 0 Å². The van der Waals surface area contributed by atoms with Gasteiger partial charge in [-0.05, 0) is 6.42 Å². The van der Waals surface area contributed by atoms with Crippen LogP contribution in [0.4, 0.5) is 0 Å². The molecule has 0 aromatic carbocycles. The van der Waals surface area contributed by atoms with Crippen LogP contribution < -0.4 is 74.0 Å². The summed E-state index contributed by atoms with van der Waals surface area (Å²) < 4.78 is 4.44. The van der Waals surface area contributed by atoms with Crippen molar-refractivity contribution in [1.82, 2.24) is 0 Å². The smallest absolute Gasteiger partial charge is 0.550 e. The van der Waals surface area contributed by atoms with Crippen molar-refractivity contribution < 1.29 is 88.3 Å². The minimum Gasteiger partial charge on any atom is -0.550 e. The fraction of sp³-hybridized carbons (Fsp3) is 0.667. The van der Waals surface area contributed by atoms with Crippen LogP contribution in [0.15, 0.2) is 0 Å². The van der Waals surface area contributed by atoms with Gasteiger partial charge in [0, 0.05) is 0 Å². The number of esters is 1. The van der Waals surface area contributed by atoms with Crippen LogP contribution in [-0.4, -0.2) is 18.5 Å². The second kappa shape index (κ2) is 9.08. The summed E-state index contributed by atoms with van der Waals surface area (Å²) in [6, 6.07) is 0. The molecular formula is C6H9CsO4. The summed E-state index contributed by atoms with van der Waals surface area (Å²) in [6.45, 7) is 2.10. The molecule has 0 amide bonds. The number of carboxylic acid groups (broad SMARTS) is 1. The van der Waals surface area contributed by atoms with Crippen LogP contribution in [0.2, 0.25) is 0 Å². The molecule has 5 heteroatoms. The van der Waals surface area contributed by atoms with Crippen LogP contribution in [-0.2, 0) is 14.3 Å². The van der Waals surface area contributed by atoms with Gasteiger partial charge in [-0.25, -0.2) is 0 Å². The standard InChI is InChI=1S/C6H10O4.Cs/c1-2-3-10-6(9)4-5(7)8;/h2-4H2,1H3,(H,7,8);/q;+1/p-1. The first-order chi connectivity index (χ1) is 4.66. The molecular weight excluding hydrogens is 269 g/mol. The summed E-state index contributed by atoms with van der Waals surface area (Å²) in [6.07, 6.45) is 0.0405. The normalized spacial score (nSPS) is 8.09. The number of aliphatic carboxylic acids is 1.